The van der Waals surface area contributed by atoms with E-state index in [4.69, 9.17) is 39.9 Å². The second kappa shape index (κ2) is 4.51. The summed E-state index contributed by atoms with van der Waals surface area (Å²) in [6, 6.07) is 0. The minimum absolute atomic E-state index is 0.104. The van der Waals surface area contributed by atoms with E-state index in [-0.39, 0.29) is 12.2 Å². The highest BCUT2D eigenvalue weighted by molar-refractivity contribution is 6.68. The molecule has 0 saturated carbocycles. The molecule has 0 aliphatic heterocycles. The second-order valence-corrected chi connectivity index (χ2v) is 4.52. The van der Waals surface area contributed by atoms with Crippen LogP contribution in [0.4, 0.5) is 0 Å². The molecular weight excluding hydrogens is 210 g/mol. The Kier molecular flexibility index (Phi) is 4.71. The van der Waals surface area contributed by atoms with Gasteiger partial charge < -0.3 is 5.11 Å². The molecule has 0 aliphatic carbocycles. The Labute approximate surface area is 80.4 Å². The monoisotopic (exact) mass is 218 g/mol. The molecule has 0 fully saturated rings. The zero-order chi connectivity index (χ0) is 9.07. The average molecular weight is 219 g/mol. The summed E-state index contributed by atoms with van der Waals surface area (Å²) in [4.78, 5) is 10.7. The molecule has 2 nitrogen and oxygen atoms in total. The number of alkyl halides is 3. The number of carbonyl (C=O) groups excluding carboxylic acids is 1. The molecule has 66 valence electrons. The van der Waals surface area contributed by atoms with Crippen LogP contribution in [-0.4, -0.2) is 20.8 Å². The predicted molar refractivity (Wildman–Crippen MR) is 46.2 cm³/mol. The van der Waals surface area contributed by atoms with Gasteiger partial charge in [-0.3, -0.25) is 4.79 Å². The Morgan fingerprint density at radius 2 is 2.00 bits per heavy atom. The van der Waals surface area contributed by atoms with Crippen molar-refractivity contribution in [2.45, 2.75) is 29.7 Å². The van der Waals surface area contributed by atoms with E-state index in [9.17, 15) is 4.79 Å². The Morgan fingerprint density at radius 1 is 1.55 bits per heavy atom. The van der Waals surface area contributed by atoms with Crippen LogP contribution in [-0.2, 0) is 4.79 Å². The average Bonchev–Trinajstić information content (AvgIpc) is 1.85. The normalized spacial score (nSPS) is 14.6. The van der Waals surface area contributed by atoms with E-state index in [1.165, 1.54) is 0 Å². The van der Waals surface area contributed by atoms with Crippen LogP contribution in [0.15, 0.2) is 0 Å². The second-order valence-electron chi connectivity index (χ2n) is 2.15. The fourth-order valence-corrected chi connectivity index (χ4v) is 0.707. The molecule has 1 unspecified atom stereocenters. The number of halogens is 3. The molecule has 0 aromatic heterocycles. The van der Waals surface area contributed by atoms with Crippen molar-refractivity contribution in [2.75, 3.05) is 0 Å². The zero-order valence-corrected chi connectivity index (χ0v) is 8.25. The number of Topliss-reactive ketones (excluding diaryl/α,β-unsaturated/α-hetero) is 1. The molecule has 0 bridgehead atoms. The summed E-state index contributed by atoms with van der Waals surface area (Å²) < 4.78 is -1.76. The molecule has 0 saturated heterocycles. The van der Waals surface area contributed by atoms with Gasteiger partial charge in [0.1, 0.15) is 11.9 Å². The van der Waals surface area contributed by atoms with Gasteiger partial charge in [0.05, 0.1) is 0 Å². The standard InChI is InChI=1S/C6H9Cl3O2/c1-2-4(10)3-5(11)6(7,8)9/h5,11H,2-3H2,1H3. The van der Waals surface area contributed by atoms with Crippen LogP contribution in [0, 0.1) is 0 Å². The molecule has 0 heterocycles. The summed E-state index contributed by atoms with van der Waals surface area (Å²) in [6.45, 7) is 1.69. The van der Waals surface area contributed by atoms with Gasteiger partial charge in [0, 0.05) is 12.8 Å². The van der Waals surface area contributed by atoms with Crippen LogP contribution < -0.4 is 0 Å². The Morgan fingerprint density at radius 3 is 2.27 bits per heavy atom. The molecule has 0 aromatic rings. The molecule has 0 radical (unpaired) electrons. The summed E-state index contributed by atoms with van der Waals surface area (Å²) in [5, 5.41) is 9.07. The predicted octanol–water partition coefficient (Wildman–Crippen LogP) is 2.09. The van der Waals surface area contributed by atoms with E-state index in [0.717, 1.165) is 0 Å². The van der Waals surface area contributed by atoms with Crippen molar-refractivity contribution in [3.63, 3.8) is 0 Å². The molecule has 0 rings (SSSR count). The first-order valence-corrected chi connectivity index (χ1v) is 4.27. The van der Waals surface area contributed by atoms with Crippen LogP contribution in [0.2, 0.25) is 0 Å². The Bertz CT molecular complexity index is 141. The number of rotatable bonds is 3. The largest absolute Gasteiger partial charge is 0.388 e. The lowest BCUT2D eigenvalue weighted by Crippen LogP contribution is -2.27. The maximum Gasteiger partial charge on any atom is 0.216 e. The van der Waals surface area contributed by atoms with Gasteiger partial charge in [-0.1, -0.05) is 41.7 Å². The third-order valence-electron chi connectivity index (χ3n) is 1.19. The van der Waals surface area contributed by atoms with Crippen molar-refractivity contribution in [1.82, 2.24) is 0 Å². The maximum atomic E-state index is 10.7. The zero-order valence-electron chi connectivity index (χ0n) is 5.98. The number of aliphatic hydroxyl groups excluding tert-OH is 1. The van der Waals surface area contributed by atoms with Gasteiger partial charge in [0.15, 0.2) is 0 Å². The molecule has 0 spiro atoms. The van der Waals surface area contributed by atoms with Crippen molar-refractivity contribution in [3.05, 3.63) is 0 Å². The fraction of sp³-hybridized carbons (Fsp3) is 0.833. The van der Waals surface area contributed by atoms with E-state index in [2.05, 4.69) is 0 Å². The van der Waals surface area contributed by atoms with Crippen molar-refractivity contribution in [3.8, 4) is 0 Å². The van der Waals surface area contributed by atoms with Gasteiger partial charge in [-0.15, -0.1) is 0 Å². The van der Waals surface area contributed by atoms with Crippen molar-refractivity contribution in [2.24, 2.45) is 0 Å². The lowest BCUT2D eigenvalue weighted by molar-refractivity contribution is -0.120. The van der Waals surface area contributed by atoms with E-state index >= 15 is 0 Å². The Hall–Kier alpha value is 0.500. The molecule has 0 amide bonds. The summed E-state index contributed by atoms with van der Waals surface area (Å²) in [6.07, 6.45) is -0.968. The van der Waals surface area contributed by atoms with Gasteiger partial charge in [-0.2, -0.15) is 0 Å². The molecule has 11 heavy (non-hydrogen) atoms. The number of aliphatic hydroxyl groups is 1. The molecular formula is C6H9Cl3O2. The third-order valence-corrected chi connectivity index (χ3v) is 1.95. The number of hydrogen-bond donors (Lipinski definition) is 1. The highest BCUT2D eigenvalue weighted by Gasteiger charge is 2.31. The molecule has 5 heteroatoms. The molecule has 1 atom stereocenters. The highest BCUT2D eigenvalue weighted by Crippen LogP contribution is 2.31. The van der Waals surface area contributed by atoms with Crippen LogP contribution >= 0.6 is 34.8 Å². The van der Waals surface area contributed by atoms with E-state index in [1.54, 1.807) is 6.92 Å². The first kappa shape index (κ1) is 11.5. The first-order valence-electron chi connectivity index (χ1n) is 3.14. The number of hydrogen-bond acceptors (Lipinski definition) is 2. The lowest BCUT2D eigenvalue weighted by atomic mass is 10.1. The van der Waals surface area contributed by atoms with Gasteiger partial charge in [0.25, 0.3) is 0 Å². The summed E-state index contributed by atoms with van der Waals surface area (Å²) in [7, 11) is 0. The fourth-order valence-electron chi connectivity index (χ4n) is 0.476. The quantitative estimate of drug-likeness (QED) is 0.738. The van der Waals surface area contributed by atoms with Crippen molar-refractivity contribution >= 4 is 40.6 Å². The first-order chi connectivity index (χ1) is 4.88. The minimum atomic E-state index is -1.76. The SMILES string of the molecule is CCC(=O)CC(O)C(Cl)(Cl)Cl. The minimum Gasteiger partial charge on any atom is -0.388 e. The van der Waals surface area contributed by atoms with E-state index < -0.39 is 9.90 Å². The third kappa shape index (κ3) is 4.86. The number of carbonyl (C=O) groups is 1. The summed E-state index contributed by atoms with van der Waals surface area (Å²) >= 11 is 15.9. The lowest BCUT2D eigenvalue weighted by Gasteiger charge is -2.17. The Balaban J connectivity index is 3.87. The van der Waals surface area contributed by atoms with Crippen LogP contribution in [0.5, 0.6) is 0 Å². The highest BCUT2D eigenvalue weighted by atomic mass is 35.6. The van der Waals surface area contributed by atoms with E-state index in [1.807, 2.05) is 0 Å². The molecule has 0 aliphatic rings. The van der Waals surface area contributed by atoms with E-state index in [0.29, 0.717) is 6.42 Å². The van der Waals surface area contributed by atoms with Crippen LogP contribution in [0.1, 0.15) is 19.8 Å². The van der Waals surface area contributed by atoms with Gasteiger partial charge in [0.2, 0.25) is 3.79 Å². The van der Waals surface area contributed by atoms with Crippen molar-refractivity contribution in [1.29, 1.82) is 0 Å². The summed E-state index contributed by atoms with van der Waals surface area (Å²) in [5.41, 5.74) is 0. The van der Waals surface area contributed by atoms with Crippen molar-refractivity contribution < 1.29 is 9.90 Å². The number of ketones is 1. The van der Waals surface area contributed by atoms with Gasteiger partial charge in [-0.05, 0) is 0 Å². The smallest absolute Gasteiger partial charge is 0.216 e. The maximum absolute atomic E-state index is 10.7. The molecule has 0 aromatic carbocycles. The molecule has 1 N–H and O–H groups in total. The topological polar surface area (TPSA) is 37.3 Å². The van der Waals surface area contributed by atoms with Crippen LogP contribution in [0.3, 0.4) is 0 Å². The van der Waals surface area contributed by atoms with Gasteiger partial charge in [-0.25, -0.2) is 0 Å². The van der Waals surface area contributed by atoms with Gasteiger partial charge >= 0.3 is 0 Å². The van der Waals surface area contributed by atoms with Crippen LogP contribution in [0.25, 0.3) is 0 Å². The summed E-state index contributed by atoms with van der Waals surface area (Å²) in [5.74, 6) is -0.121.